The second kappa shape index (κ2) is 10.1. The summed E-state index contributed by atoms with van der Waals surface area (Å²) in [5.41, 5.74) is 1.19. The van der Waals surface area contributed by atoms with E-state index in [1.54, 1.807) is 24.3 Å². The summed E-state index contributed by atoms with van der Waals surface area (Å²) in [5, 5.41) is 12.5. The third-order valence-electron chi connectivity index (χ3n) is 4.60. The van der Waals surface area contributed by atoms with Gasteiger partial charge < -0.3 is 10.1 Å². The van der Waals surface area contributed by atoms with Crippen molar-refractivity contribution in [2.75, 3.05) is 51.2 Å². The molecule has 0 radical (unpaired) electrons. The van der Waals surface area contributed by atoms with Crippen LogP contribution in [0.5, 0.6) is 5.75 Å². The van der Waals surface area contributed by atoms with Crippen LogP contribution in [0.3, 0.4) is 0 Å². The zero-order valence-electron chi connectivity index (χ0n) is 15.6. The number of piperazine rings is 1. The first-order chi connectivity index (χ1) is 13.6. The number of anilines is 1. The van der Waals surface area contributed by atoms with Gasteiger partial charge in [0.2, 0.25) is 5.91 Å². The predicted octanol–water partition coefficient (Wildman–Crippen LogP) is 2.85. The lowest BCUT2D eigenvalue weighted by molar-refractivity contribution is -0.117. The van der Waals surface area contributed by atoms with Gasteiger partial charge in [-0.3, -0.25) is 14.6 Å². The SMILES string of the molecule is N#Cc1cccc(NC(=O)CN2CCN(CCOc3ccc(Cl)cc3)CC2)c1. The number of hydrogen-bond donors (Lipinski definition) is 1. The van der Waals surface area contributed by atoms with Gasteiger partial charge in [-0.25, -0.2) is 0 Å². The molecular weight excluding hydrogens is 376 g/mol. The molecule has 7 heteroatoms. The average molecular weight is 399 g/mol. The Balaban J connectivity index is 1.35. The Bertz CT molecular complexity index is 827. The third-order valence-corrected chi connectivity index (χ3v) is 4.85. The van der Waals surface area contributed by atoms with E-state index in [2.05, 4.69) is 21.2 Å². The van der Waals surface area contributed by atoms with Crippen LogP contribution < -0.4 is 10.1 Å². The molecule has 1 heterocycles. The van der Waals surface area contributed by atoms with Crippen molar-refractivity contribution in [2.24, 2.45) is 0 Å². The number of nitrogens with zero attached hydrogens (tertiary/aromatic N) is 3. The summed E-state index contributed by atoms with van der Waals surface area (Å²) < 4.78 is 5.74. The fraction of sp³-hybridized carbons (Fsp3) is 0.333. The molecule has 0 spiro atoms. The lowest BCUT2D eigenvalue weighted by atomic mass is 10.2. The summed E-state index contributed by atoms with van der Waals surface area (Å²) in [6.07, 6.45) is 0. The van der Waals surface area contributed by atoms with E-state index in [-0.39, 0.29) is 5.91 Å². The molecule has 6 nitrogen and oxygen atoms in total. The van der Waals surface area contributed by atoms with Crippen molar-refractivity contribution < 1.29 is 9.53 Å². The number of benzene rings is 2. The second-order valence-corrected chi connectivity index (χ2v) is 7.10. The molecule has 1 N–H and O–H groups in total. The van der Waals surface area contributed by atoms with Crippen molar-refractivity contribution in [1.82, 2.24) is 9.80 Å². The van der Waals surface area contributed by atoms with E-state index >= 15 is 0 Å². The van der Waals surface area contributed by atoms with Gasteiger partial charge in [-0.05, 0) is 42.5 Å². The number of nitriles is 1. The van der Waals surface area contributed by atoms with E-state index in [1.165, 1.54) is 0 Å². The highest BCUT2D eigenvalue weighted by molar-refractivity contribution is 6.30. The lowest BCUT2D eigenvalue weighted by Crippen LogP contribution is -2.49. The number of amides is 1. The van der Waals surface area contributed by atoms with Gasteiger partial charge in [-0.1, -0.05) is 17.7 Å². The highest BCUT2D eigenvalue weighted by Crippen LogP contribution is 2.15. The Morgan fingerprint density at radius 3 is 2.54 bits per heavy atom. The molecule has 0 bridgehead atoms. The molecule has 2 aromatic carbocycles. The van der Waals surface area contributed by atoms with E-state index in [1.807, 2.05) is 24.3 Å². The van der Waals surface area contributed by atoms with Crippen LogP contribution in [-0.2, 0) is 4.79 Å². The number of nitrogens with one attached hydrogen (secondary N) is 1. The molecular formula is C21H23ClN4O2. The van der Waals surface area contributed by atoms with Gasteiger partial charge >= 0.3 is 0 Å². The third kappa shape index (κ3) is 6.24. The van der Waals surface area contributed by atoms with E-state index in [4.69, 9.17) is 21.6 Å². The van der Waals surface area contributed by atoms with Gasteiger partial charge in [0, 0.05) is 43.4 Å². The first-order valence-electron chi connectivity index (χ1n) is 9.25. The van der Waals surface area contributed by atoms with Crippen LogP contribution in [-0.4, -0.2) is 61.6 Å². The number of hydrogen-bond acceptors (Lipinski definition) is 5. The Morgan fingerprint density at radius 2 is 1.82 bits per heavy atom. The van der Waals surface area contributed by atoms with Gasteiger partial charge in [-0.15, -0.1) is 0 Å². The number of ether oxygens (including phenoxy) is 1. The zero-order chi connectivity index (χ0) is 19.8. The first kappa shape index (κ1) is 20.2. The fourth-order valence-electron chi connectivity index (χ4n) is 3.06. The zero-order valence-corrected chi connectivity index (χ0v) is 16.4. The number of carbonyl (C=O) groups excluding carboxylic acids is 1. The van der Waals surface area contributed by atoms with E-state index < -0.39 is 0 Å². The Morgan fingerprint density at radius 1 is 1.11 bits per heavy atom. The van der Waals surface area contributed by atoms with Crippen LogP contribution in [0, 0.1) is 11.3 Å². The minimum absolute atomic E-state index is 0.0605. The summed E-state index contributed by atoms with van der Waals surface area (Å²) in [4.78, 5) is 16.7. The normalized spacial score (nSPS) is 15.0. The van der Waals surface area contributed by atoms with Crippen molar-refractivity contribution in [3.63, 3.8) is 0 Å². The second-order valence-electron chi connectivity index (χ2n) is 6.66. The highest BCUT2D eigenvalue weighted by Gasteiger charge is 2.19. The number of carbonyl (C=O) groups is 1. The predicted molar refractivity (Wildman–Crippen MR) is 110 cm³/mol. The maximum absolute atomic E-state index is 12.2. The van der Waals surface area contributed by atoms with Gasteiger partial charge in [0.05, 0.1) is 18.2 Å². The largest absolute Gasteiger partial charge is 0.492 e. The van der Waals surface area contributed by atoms with E-state index in [9.17, 15) is 4.79 Å². The molecule has 0 aliphatic carbocycles. The van der Waals surface area contributed by atoms with Crippen LogP contribution >= 0.6 is 11.6 Å². The molecule has 1 saturated heterocycles. The maximum atomic E-state index is 12.2. The van der Waals surface area contributed by atoms with Crippen LogP contribution in [0.25, 0.3) is 0 Å². The summed E-state index contributed by atoms with van der Waals surface area (Å²) >= 11 is 5.87. The van der Waals surface area contributed by atoms with Crippen LogP contribution in [0.4, 0.5) is 5.69 Å². The molecule has 28 heavy (non-hydrogen) atoms. The van der Waals surface area contributed by atoms with Crippen molar-refractivity contribution >= 4 is 23.2 Å². The molecule has 0 saturated carbocycles. The van der Waals surface area contributed by atoms with Crippen LogP contribution in [0.1, 0.15) is 5.56 Å². The summed E-state index contributed by atoms with van der Waals surface area (Å²) in [6.45, 7) is 5.31. The van der Waals surface area contributed by atoms with Crippen LogP contribution in [0.2, 0.25) is 5.02 Å². The number of halogens is 1. The molecule has 3 rings (SSSR count). The standard InChI is InChI=1S/C21H23ClN4O2/c22-18-4-6-20(7-5-18)28-13-12-25-8-10-26(11-9-25)16-21(27)24-19-3-1-2-17(14-19)15-23/h1-7,14H,8-13,16H2,(H,24,27). The first-order valence-corrected chi connectivity index (χ1v) is 9.63. The Kier molecular flexibility index (Phi) is 7.26. The van der Waals surface area contributed by atoms with Gasteiger partial charge in [0.1, 0.15) is 12.4 Å². The molecule has 0 unspecified atom stereocenters. The smallest absolute Gasteiger partial charge is 0.238 e. The van der Waals surface area contributed by atoms with Crippen molar-refractivity contribution in [2.45, 2.75) is 0 Å². The van der Waals surface area contributed by atoms with Crippen molar-refractivity contribution in [3.05, 3.63) is 59.1 Å². The monoisotopic (exact) mass is 398 g/mol. The average Bonchev–Trinajstić information content (AvgIpc) is 2.71. The summed E-state index contributed by atoms with van der Waals surface area (Å²) in [7, 11) is 0. The van der Waals surface area contributed by atoms with E-state index in [0.717, 1.165) is 38.5 Å². The summed E-state index contributed by atoms with van der Waals surface area (Å²) in [6, 6.07) is 16.4. The fourth-order valence-corrected chi connectivity index (χ4v) is 3.19. The van der Waals surface area contributed by atoms with Gasteiger partial charge in [0.25, 0.3) is 0 Å². The molecule has 0 atom stereocenters. The molecule has 1 amide bonds. The topological polar surface area (TPSA) is 68.6 Å². The van der Waals surface area contributed by atoms with E-state index in [0.29, 0.717) is 29.4 Å². The minimum Gasteiger partial charge on any atom is -0.492 e. The lowest BCUT2D eigenvalue weighted by Gasteiger charge is -2.34. The molecule has 1 aliphatic heterocycles. The maximum Gasteiger partial charge on any atom is 0.238 e. The highest BCUT2D eigenvalue weighted by atomic mass is 35.5. The summed E-state index contributed by atoms with van der Waals surface area (Å²) in [5.74, 6) is 0.759. The molecule has 146 valence electrons. The molecule has 1 aliphatic rings. The van der Waals surface area contributed by atoms with Gasteiger partial charge in [-0.2, -0.15) is 5.26 Å². The molecule has 2 aromatic rings. The number of rotatable bonds is 7. The van der Waals surface area contributed by atoms with Crippen molar-refractivity contribution in [3.8, 4) is 11.8 Å². The Labute approximate surface area is 170 Å². The quantitative estimate of drug-likeness (QED) is 0.776. The minimum atomic E-state index is -0.0605. The van der Waals surface area contributed by atoms with Gasteiger partial charge in [0.15, 0.2) is 0 Å². The molecule has 0 aromatic heterocycles. The molecule has 1 fully saturated rings. The van der Waals surface area contributed by atoms with Crippen molar-refractivity contribution in [1.29, 1.82) is 5.26 Å². The van der Waals surface area contributed by atoms with Crippen LogP contribution in [0.15, 0.2) is 48.5 Å². The Hall–Kier alpha value is -2.59.